The van der Waals surface area contributed by atoms with Gasteiger partial charge < -0.3 is 4.74 Å². The Balaban J connectivity index is 1.93. The number of nitrogens with zero attached hydrogens (tertiary/aromatic N) is 5. The van der Waals surface area contributed by atoms with Gasteiger partial charge in [-0.1, -0.05) is 26.0 Å². The number of hydrogen-bond donors (Lipinski definition) is 0. The lowest BCUT2D eigenvalue weighted by Gasteiger charge is -2.29. The van der Waals surface area contributed by atoms with E-state index in [0.717, 1.165) is 43.9 Å². The van der Waals surface area contributed by atoms with Gasteiger partial charge in [0, 0.05) is 6.61 Å². The molecule has 6 nitrogen and oxygen atoms in total. The molecular weight excluding hydrogens is 309 g/mol. The van der Waals surface area contributed by atoms with Crippen molar-refractivity contribution in [3.05, 3.63) is 41.5 Å². The average Bonchev–Trinajstić information content (AvgIpc) is 3.26. The maximum absolute atomic E-state index is 13.3. The zero-order chi connectivity index (χ0) is 16.9. The Morgan fingerprint density at radius 3 is 2.67 bits per heavy atom. The molecule has 3 rings (SSSR count). The Morgan fingerprint density at radius 2 is 2.04 bits per heavy atom. The van der Waals surface area contributed by atoms with Crippen LogP contribution in [0.1, 0.15) is 44.1 Å². The first-order valence-electron chi connectivity index (χ1n) is 8.60. The Kier molecular flexibility index (Phi) is 5.52. The van der Waals surface area contributed by atoms with E-state index in [1.165, 1.54) is 12.1 Å². The topological polar surface area (TPSA) is 56.1 Å². The lowest BCUT2D eigenvalue weighted by molar-refractivity contribution is 0.0910. The number of benzene rings is 1. The number of rotatable bonds is 7. The van der Waals surface area contributed by atoms with E-state index in [2.05, 4.69) is 34.3 Å². The van der Waals surface area contributed by atoms with Gasteiger partial charge in [0.05, 0.1) is 18.7 Å². The first-order chi connectivity index (χ1) is 11.7. The van der Waals surface area contributed by atoms with E-state index in [4.69, 9.17) is 4.74 Å². The molecular formula is C17H24FN5O. The lowest BCUT2D eigenvalue weighted by atomic mass is 10.0. The van der Waals surface area contributed by atoms with Crippen LogP contribution in [0.15, 0.2) is 24.3 Å². The molecule has 0 spiro atoms. The molecule has 1 fully saturated rings. The minimum Gasteiger partial charge on any atom is -0.376 e. The van der Waals surface area contributed by atoms with Crippen molar-refractivity contribution in [1.82, 2.24) is 25.1 Å². The smallest absolute Gasteiger partial charge is 0.173 e. The molecule has 130 valence electrons. The zero-order valence-electron chi connectivity index (χ0n) is 14.2. The van der Waals surface area contributed by atoms with Gasteiger partial charge in [0.2, 0.25) is 0 Å². The monoisotopic (exact) mass is 333 g/mol. The summed E-state index contributed by atoms with van der Waals surface area (Å²) in [5.74, 6) is 0.539. The average molecular weight is 333 g/mol. The summed E-state index contributed by atoms with van der Waals surface area (Å²) < 4.78 is 20.9. The third kappa shape index (κ3) is 3.62. The molecule has 1 aliphatic rings. The molecule has 0 aliphatic carbocycles. The summed E-state index contributed by atoms with van der Waals surface area (Å²) in [6, 6.07) is 6.49. The predicted octanol–water partition coefficient (Wildman–Crippen LogP) is 2.42. The standard InChI is InChI=1S/C17H24FN5O/c1-3-22(4-2)16(13-7-9-14(18)10-8-13)17-19-20-21-23(17)12-15-6-5-11-24-15/h7-10,15-16H,3-6,11-12H2,1-2H3/t15-,16-/m0/s1. The van der Waals surface area contributed by atoms with Gasteiger partial charge >= 0.3 is 0 Å². The van der Waals surface area contributed by atoms with Gasteiger partial charge in [-0.25, -0.2) is 9.07 Å². The van der Waals surface area contributed by atoms with Crippen molar-refractivity contribution in [1.29, 1.82) is 0 Å². The van der Waals surface area contributed by atoms with Crippen LogP contribution in [0, 0.1) is 5.82 Å². The first kappa shape index (κ1) is 17.0. The van der Waals surface area contributed by atoms with Crippen molar-refractivity contribution in [3.8, 4) is 0 Å². The van der Waals surface area contributed by atoms with E-state index in [1.807, 2.05) is 16.8 Å². The molecule has 1 aromatic heterocycles. The lowest BCUT2D eigenvalue weighted by Crippen LogP contribution is -2.32. The molecule has 0 saturated carbocycles. The van der Waals surface area contributed by atoms with Gasteiger partial charge in [-0.05, 0) is 54.1 Å². The summed E-state index contributed by atoms with van der Waals surface area (Å²) in [7, 11) is 0. The summed E-state index contributed by atoms with van der Waals surface area (Å²) in [5, 5.41) is 12.3. The summed E-state index contributed by atoms with van der Waals surface area (Å²) >= 11 is 0. The van der Waals surface area contributed by atoms with E-state index < -0.39 is 0 Å². The summed E-state index contributed by atoms with van der Waals surface area (Å²) in [6.07, 6.45) is 2.28. The Morgan fingerprint density at radius 1 is 1.29 bits per heavy atom. The SMILES string of the molecule is CCN(CC)[C@@H](c1ccc(F)cc1)c1nnnn1C[C@@H]1CCCO1. The van der Waals surface area contributed by atoms with Crippen molar-refractivity contribution < 1.29 is 9.13 Å². The number of ether oxygens (including phenoxy) is 1. The summed E-state index contributed by atoms with van der Waals surface area (Å²) in [5.41, 5.74) is 0.989. The molecule has 2 heterocycles. The first-order valence-corrected chi connectivity index (χ1v) is 8.60. The van der Waals surface area contributed by atoms with Crippen LogP contribution < -0.4 is 0 Å². The van der Waals surface area contributed by atoms with Gasteiger partial charge in [-0.3, -0.25) is 4.90 Å². The van der Waals surface area contributed by atoms with E-state index in [0.29, 0.717) is 6.54 Å². The highest BCUT2D eigenvalue weighted by molar-refractivity contribution is 5.25. The summed E-state index contributed by atoms with van der Waals surface area (Å²) in [6.45, 7) is 7.38. The van der Waals surface area contributed by atoms with Crippen molar-refractivity contribution in [3.63, 3.8) is 0 Å². The highest BCUT2D eigenvalue weighted by Gasteiger charge is 2.28. The number of hydrogen-bond acceptors (Lipinski definition) is 5. The highest BCUT2D eigenvalue weighted by atomic mass is 19.1. The van der Waals surface area contributed by atoms with Crippen LogP contribution in [-0.2, 0) is 11.3 Å². The van der Waals surface area contributed by atoms with Crippen LogP contribution >= 0.6 is 0 Å². The quantitative estimate of drug-likeness (QED) is 0.779. The zero-order valence-corrected chi connectivity index (χ0v) is 14.2. The molecule has 1 aliphatic heterocycles. The van der Waals surface area contributed by atoms with Crippen LogP contribution in [0.25, 0.3) is 0 Å². The predicted molar refractivity (Wildman–Crippen MR) is 88.0 cm³/mol. The fourth-order valence-electron chi connectivity index (χ4n) is 3.28. The molecule has 2 atom stereocenters. The van der Waals surface area contributed by atoms with Gasteiger partial charge in [0.25, 0.3) is 0 Å². The molecule has 1 aromatic carbocycles. The third-order valence-corrected chi connectivity index (χ3v) is 4.57. The minimum atomic E-state index is -0.240. The molecule has 2 aromatic rings. The highest BCUT2D eigenvalue weighted by Crippen LogP contribution is 2.27. The van der Waals surface area contributed by atoms with Crippen molar-refractivity contribution in [2.75, 3.05) is 19.7 Å². The van der Waals surface area contributed by atoms with Gasteiger partial charge in [0.15, 0.2) is 5.82 Å². The minimum absolute atomic E-state index is 0.1000. The van der Waals surface area contributed by atoms with Crippen LogP contribution in [0.4, 0.5) is 4.39 Å². The van der Waals surface area contributed by atoms with Gasteiger partial charge in [-0.2, -0.15) is 0 Å². The fraction of sp³-hybridized carbons (Fsp3) is 0.588. The van der Waals surface area contributed by atoms with Crippen molar-refractivity contribution in [2.24, 2.45) is 0 Å². The maximum Gasteiger partial charge on any atom is 0.173 e. The number of tetrazole rings is 1. The van der Waals surface area contributed by atoms with E-state index >= 15 is 0 Å². The second-order valence-corrected chi connectivity index (χ2v) is 6.03. The van der Waals surface area contributed by atoms with Crippen molar-refractivity contribution >= 4 is 0 Å². The van der Waals surface area contributed by atoms with Crippen molar-refractivity contribution in [2.45, 2.75) is 45.4 Å². The Hall–Kier alpha value is -1.86. The Labute approximate surface area is 141 Å². The molecule has 1 saturated heterocycles. The second kappa shape index (κ2) is 7.81. The van der Waals surface area contributed by atoms with Gasteiger partial charge in [-0.15, -0.1) is 5.10 Å². The second-order valence-electron chi connectivity index (χ2n) is 6.03. The van der Waals surface area contributed by atoms with Crippen LogP contribution in [0.5, 0.6) is 0 Å². The van der Waals surface area contributed by atoms with E-state index in [1.54, 1.807) is 0 Å². The molecule has 0 N–H and O–H groups in total. The Bertz CT molecular complexity index is 635. The van der Waals surface area contributed by atoms with E-state index in [9.17, 15) is 4.39 Å². The molecule has 24 heavy (non-hydrogen) atoms. The largest absolute Gasteiger partial charge is 0.376 e. The maximum atomic E-state index is 13.3. The fourth-order valence-corrected chi connectivity index (χ4v) is 3.28. The van der Waals surface area contributed by atoms with Crippen LogP contribution in [-0.4, -0.2) is 50.9 Å². The molecule has 0 unspecified atom stereocenters. The summed E-state index contributed by atoms with van der Waals surface area (Å²) in [4.78, 5) is 2.27. The van der Waals surface area contributed by atoms with Crippen LogP contribution in [0.2, 0.25) is 0 Å². The molecule has 0 amide bonds. The molecule has 0 bridgehead atoms. The normalized spacial score (nSPS) is 19.1. The number of halogens is 1. The van der Waals surface area contributed by atoms with Crippen LogP contribution in [0.3, 0.4) is 0 Å². The van der Waals surface area contributed by atoms with E-state index in [-0.39, 0.29) is 18.0 Å². The molecule has 0 radical (unpaired) electrons. The van der Waals surface area contributed by atoms with Gasteiger partial charge in [0.1, 0.15) is 5.82 Å². The molecule has 7 heteroatoms. The number of aromatic nitrogens is 4. The third-order valence-electron chi connectivity index (χ3n) is 4.57.